The average molecular weight is 736 g/mol. The number of para-hydroxylation sites is 2. The van der Waals surface area contributed by atoms with Crippen molar-refractivity contribution >= 4 is 49.8 Å². The molecule has 2 aliphatic rings. The van der Waals surface area contributed by atoms with Gasteiger partial charge < -0.3 is 9.32 Å². The van der Waals surface area contributed by atoms with Gasteiger partial charge in [0.1, 0.15) is 11.2 Å². The molecule has 8 aromatic carbocycles. The van der Waals surface area contributed by atoms with E-state index in [1.54, 1.807) is 0 Å². The summed E-state index contributed by atoms with van der Waals surface area (Å²) in [4.78, 5) is 2.45. The lowest BCUT2D eigenvalue weighted by molar-refractivity contribution is 0.445. The Morgan fingerprint density at radius 2 is 1.18 bits per heavy atom. The van der Waals surface area contributed by atoms with Crippen LogP contribution < -0.4 is 4.90 Å². The van der Waals surface area contributed by atoms with Crippen molar-refractivity contribution in [3.05, 3.63) is 187 Å². The topological polar surface area (TPSA) is 16.4 Å². The molecule has 0 amide bonds. The lowest BCUT2D eigenvalue weighted by Gasteiger charge is -2.30. The minimum atomic E-state index is -0.123. The molecule has 0 N–H and O–H groups in total. The Kier molecular flexibility index (Phi) is 7.96. The van der Waals surface area contributed by atoms with E-state index in [0.717, 1.165) is 39.0 Å². The molecular weight excluding hydrogens is 691 g/mol. The van der Waals surface area contributed by atoms with Crippen LogP contribution in [0.25, 0.3) is 66.1 Å². The number of furan rings is 1. The molecule has 276 valence electrons. The largest absolute Gasteiger partial charge is 0.456 e. The number of nitrogens with zero attached hydrogens (tertiary/aromatic N) is 1. The Morgan fingerprint density at radius 3 is 2.07 bits per heavy atom. The maximum atomic E-state index is 6.54. The van der Waals surface area contributed by atoms with Crippen molar-refractivity contribution in [1.82, 2.24) is 0 Å². The fraction of sp³-hybridized carbons (Fsp3) is 0.164. The molecule has 57 heavy (non-hydrogen) atoms. The first-order chi connectivity index (χ1) is 28.0. The van der Waals surface area contributed by atoms with Crippen LogP contribution in [0.3, 0.4) is 0 Å². The molecule has 2 nitrogen and oxygen atoms in total. The Morgan fingerprint density at radius 1 is 0.509 bits per heavy atom. The second-order valence-electron chi connectivity index (χ2n) is 16.7. The van der Waals surface area contributed by atoms with Gasteiger partial charge in [-0.3, -0.25) is 0 Å². The highest BCUT2D eigenvalue weighted by Gasteiger charge is 2.37. The van der Waals surface area contributed by atoms with Gasteiger partial charge in [0.15, 0.2) is 0 Å². The lowest BCUT2D eigenvalue weighted by Crippen LogP contribution is -2.16. The average Bonchev–Trinajstić information content (AvgIpc) is 3.75. The van der Waals surface area contributed by atoms with Crippen LogP contribution in [0.5, 0.6) is 0 Å². The van der Waals surface area contributed by atoms with Crippen LogP contribution in [0.2, 0.25) is 0 Å². The maximum Gasteiger partial charge on any atom is 0.137 e. The van der Waals surface area contributed by atoms with Gasteiger partial charge in [0.2, 0.25) is 0 Å². The molecule has 1 aromatic heterocycles. The molecule has 0 unspecified atom stereocenters. The predicted molar refractivity (Wildman–Crippen MR) is 240 cm³/mol. The smallest absolute Gasteiger partial charge is 0.137 e. The van der Waals surface area contributed by atoms with Gasteiger partial charge in [0.05, 0.1) is 5.69 Å². The summed E-state index contributed by atoms with van der Waals surface area (Å²) in [6.45, 7) is 4.75. The highest BCUT2D eigenvalue weighted by atomic mass is 16.3. The maximum absolute atomic E-state index is 6.54. The number of hydrogen-bond acceptors (Lipinski definition) is 2. The number of fused-ring (bicyclic) bond motifs is 7. The number of anilines is 3. The zero-order valence-electron chi connectivity index (χ0n) is 32.6. The summed E-state index contributed by atoms with van der Waals surface area (Å²) in [6.07, 6.45) is 6.48. The number of benzene rings is 8. The van der Waals surface area contributed by atoms with Crippen LogP contribution in [-0.4, -0.2) is 0 Å². The standard InChI is InChI=1S/C55H45NO/c1-55(2)49-29-9-6-22-43(49)48-28-15-26-42(54(48)55)38-20-12-21-39(34-38)56(40-32-33-46-45-24-8-11-31-51(45)57-52(46)35-40)50-30-10-7-23-44(50)47-27-14-19-37-18-13-25-41(53(37)47)36-16-4-3-5-17-36/h6-15,18-36H,3-5,16-17H2,1-2H3. The molecule has 0 radical (unpaired) electrons. The molecule has 1 heterocycles. The highest BCUT2D eigenvalue weighted by molar-refractivity contribution is 6.07. The van der Waals surface area contributed by atoms with Crippen molar-refractivity contribution < 1.29 is 4.42 Å². The van der Waals surface area contributed by atoms with Crippen molar-refractivity contribution in [3.63, 3.8) is 0 Å². The quantitative estimate of drug-likeness (QED) is 0.169. The molecule has 1 saturated carbocycles. The molecular formula is C55H45NO. The van der Waals surface area contributed by atoms with E-state index >= 15 is 0 Å². The van der Waals surface area contributed by atoms with Gasteiger partial charge in [-0.15, -0.1) is 0 Å². The second-order valence-corrected chi connectivity index (χ2v) is 16.7. The summed E-state index contributed by atoms with van der Waals surface area (Å²) in [6, 6.07) is 62.9. The van der Waals surface area contributed by atoms with E-state index < -0.39 is 0 Å². The van der Waals surface area contributed by atoms with E-state index in [1.165, 1.54) is 92.9 Å². The van der Waals surface area contributed by atoms with Gasteiger partial charge in [-0.25, -0.2) is 0 Å². The molecule has 1 fully saturated rings. The molecule has 0 atom stereocenters. The fourth-order valence-corrected chi connectivity index (χ4v) is 10.4. The number of hydrogen-bond donors (Lipinski definition) is 0. The monoisotopic (exact) mass is 735 g/mol. The first-order valence-electron chi connectivity index (χ1n) is 20.7. The molecule has 0 saturated heterocycles. The van der Waals surface area contributed by atoms with E-state index in [4.69, 9.17) is 4.42 Å². The van der Waals surface area contributed by atoms with Crippen molar-refractivity contribution in [1.29, 1.82) is 0 Å². The summed E-state index contributed by atoms with van der Waals surface area (Å²) < 4.78 is 6.54. The first-order valence-corrected chi connectivity index (χ1v) is 20.7. The Balaban J connectivity index is 1.13. The van der Waals surface area contributed by atoms with Gasteiger partial charge in [0, 0.05) is 39.2 Å². The van der Waals surface area contributed by atoms with E-state index in [2.05, 4.69) is 183 Å². The molecule has 0 bridgehead atoms. The van der Waals surface area contributed by atoms with Crippen LogP contribution in [0.1, 0.15) is 68.6 Å². The van der Waals surface area contributed by atoms with Gasteiger partial charge >= 0.3 is 0 Å². The van der Waals surface area contributed by atoms with Crippen LogP contribution in [-0.2, 0) is 5.41 Å². The van der Waals surface area contributed by atoms with Crippen molar-refractivity contribution in [3.8, 4) is 33.4 Å². The third kappa shape index (κ3) is 5.46. The lowest BCUT2D eigenvalue weighted by atomic mass is 9.79. The van der Waals surface area contributed by atoms with Crippen molar-refractivity contribution in [2.45, 2.75) is 57.3 Å². The molecule has 9 aromatic rings. The van der Waals surface area contributed by atoms with Crippen molar-refractivity contribution in [2.24, 2.45) is 0 Å². The fourth-order valence-electron chi connectivity index (χ4n) is 10.4. The normalized spacial score (nSPS) is 14.9. The first kappa shape index (κ1) is 33.9. The minimum Gasteiger partial charge on any atom is -0.456 e. The Bertz CT molecular complexity index is 2990. The van der Waals surface area contributed by atoms with E-state index in [9.17, 15) is 0 Å². The molecule has 2 heteroatoms. The second kappa shape index (κ2) is 13.4. The van der Waals surface area contributed by atoms with Crippen LogP contribution in [0.4, 0.5) is 17.1 Å². The van der Waals surface area contributed by atoms with Crippen molar-refractivity contribution in [2.75, 3.05) is 4.90 Å². The number of rotatable bonds is 6. The Labute approximate surface area is 335 Å². The zero-order chi connectivity index (χ0) is 38.1. The Hall–Kier alpha value is -6.38. The summed E-state index contributed by atoms with van der Waals surface area (Å²) in [7, 11) is 0. The summed E-state index contributed by atoms with van der Waals surface area (Å²) in [5, 5.41) is 4.97. The van der Waals surface area contributed by atoms with Crippen LogP contribution in [0, 0.1) is 0 Å². The van der Waals surface area contributed by atoms with Crippen LogP contribution >= 0.6 is 0 Å². The van der Waals surface area contributed by atoms with E-state index in [0.29, 0.717) is 5.92 Å². The molecule has 11 rings (SSSR count). The molecule has 0 aliphatic heterocycles. The van der Waals surface area contributed by atoms with Gasteiger partial charge in [-0.05, 0) is 110 Å². The third-order valence-electron chi connectivity index (χ3n) is 13.0. The summed E-state index contributed by atoms with van der Waals surface area (Å²) >= 11 is 0. The van der Waals surface area contributed by atoms with Gasteiger partial charge in [-0.2, -0.15) is 0 Å². The molecule has 2 aliphatic carbocycles. The predicted octanol–water partition coefficient (Wildman–Crippen LogP) is 15.9. The minimum absolute atomic E-state index is 0.123. The van der Waals surface area contributed by atoms with Gasteiger partial charge in [-0.1, -0.05) is 161 Å². The highest BCUT2D eigenvalue weighted by Crippen LogP contribution is 2.53. The van der Waals surface area contributed by atoms with Gasteiger partial charge in [0.25, 0.3) is 0 Å². The van der Waals surface area contributed by atoms with E-state index in [-0.39, 0.29) is 5.41 Å². The van der Waals surface area contributed by atoms with E-state index in [1.807, 2.05) is 6.07 Å². The third-order valence-corrected chi connectivity index (χ3v) is 13.0. The zero-order valence-corrected chi connectivity index (χ0v) is 32.6. The summed E-state index contributed by atoms with van der Waals surface area (Å²) in [5.41, 5.74) is 16.9. The SMILES string of the molecule is CC1(C)c2ccccc2-c2cccc(-c3cccc(N(c4ccc5c(c4)oc4ccccc45)c4ccccc4-c4cccc5cccc(C6CCCCC6)c45)c3)c21. The van der Waals surface area contributed by atoms with Crippen LogP contribution in [0.15, 0.2) is 174 Å². The molecule has 0 spiro atoms. The summed E-state index contributed by atoms with van der Waals surface area (Å²) in [5.74, 6) is 0.585.